The van der Waals surface area contributed by atoms with Crippen molar-refractivity contribution >= 4 is 27.4 Å². The molecular formula is C21H22N6S. The second kappa shape index (κ2) is 6.98. The highest BCUT2D eigenvalue weighted by Crippen LogP contribution is 2.40. The van der Waals surface area contributed by atoms with Gasteiger partial charge in [0.2, 0.25) is 0 Å². The molecule has 7 heteroatoms. The van der Waals surface area contributed by atoms with Gasteiger partial charge in [0.25, 0.3) is 0 Å². The second-order valence-corrected chi connectivity index (χ2v) is 8.47. The highest BCUT2D eigenvalue weighted by atomic mass is 32.1. The number of aryl methyl sites for hydroxylation is 3. The first-order valence-corrected chi connectivity index (χ1v) is 10.4. The zero-order chi connectivity index (χ0) is 19.1. The van der Waals surface area contributed by atoms with Crippen LogP contribution < -0.4 is 4.90 Å². The van der Waals surface area contributed by atoms with E-state index in [4.69, 9.17) is 9.97 Å². The third-order valence-electron chi connectivity index (χ3n) is 5.25. The van der Waals surface area contributed by atoms with Gasteiger partial charge in [0.15, 0.2) is 5.82 Å². The lowest BCUT2D eigenvalue weighted by atomic mass is 9.97. The molecule has 0 unspecified atom stereocenters. The van der Waals surface area contributed by atoms with Crippen molar-refractivity contribution in [3.63, 3.8) is 0 Å². The number of hydrogen-bond donors (Lipinski definition) is 0. The molecule has 0 aromatic carbocycles. The van der Waals surface area contributed by atoms with Crippen LogP contribution >= 0.6 is 11.3 Å². The molecule has 1 aliphatic carbocycles. The Morgan fingerprint density at radius 3 is 2.86 bits per heavy atom. The summed E-state index contributed by atoms with van der Waals surface area (Å²) in [6.45, 7) is 0.761. The van der Waals surface area contributed by atoms with E-state index in [9.17, 15) is 0 Å². The molecule has 0 atom stereocenters. The average Bonchev–Trinajstić information content (AvgIpc) is 3.30. The maximum absolute atomic E-state index is 5.01. The van der Waals surface area contributed by atoms with Gasteiger partial charge in [-0.2, -0.15) is 5.10 Å². The molecule has 0 saturated heterocycles. The standard InChI is InChI=1S/C21H22N6S/c1-26(12-14-10-23-27(2)13-14)20-18-16-7-3-4-8-17(16)28-21(18)25-19(24-20)15-6-5-9-22-11-15/h5-6,9-11,13H,3-4,7-8,12H2,1-2H3. The van der Waals surface area contributed by atoms with Crippen molar-refractivity contribution in [1.29, 1.82) is 0 Å². The summed E-state index contributed by atoms with van der Waals surface area (Å²) in [5, 5.41) is 5.54. The normalized spacial score (nSPS) is 13.6. The molecule has 0 saturated carbocycles. The Hall–Kier alpha value is -2.80. The van der Waals surface area contributed by atoms with E-state index in [1.54, 1.807) is 6.20 Å². The summed E-state index contributed by atoms with van der Waals surface area (Å²) in [4.78, 5) is 19.0. The van der Waals surface area contributed by atoms with Gasteiger partial charge in [-0.25, -0.2) is 9.97 Å². The average molecular weight is 391 g/mol. The van der Waals surface area contributed by atoms with Crippen LogP contribution in [0.15, 0.2) is 36.9 Å². The van der Waals surface area contributed by atoms with Crippen molar-refractivity contribution < 1.29 is 0 Å². The van der Waals surface area contributed by atoms with E-state index in [0.29, 0.717) is 0 Å². The van der Waals surface area contributed by atoms with Crippen LogP contribution in [0, 0.1) is 0 Å². The molecule has 142 valence electrons. The summed E-state index contributed by atoms with van der Waals surface area (Å²) >= 11 is 1.84. The fraction of sp³-hybridized carbons (Fsp3) is 0.333. The Labute approximate surface area is 167 Å². The van der Waals surface area contributed by atoms with Gasteiger partial charge in [-0.1, -0.05) is 0 Å². The van der Waals surface area contributed by atoms with Gasteiger partial charge in [0, 0.05) is 55.2 Å². The van der Waals surface area contributed by atoms with Crippen molar-refractivity contribution in [1.82, 2.24) is 24.7 Å². The Morgan fingerprint density at radius 2 is 2.07 bits per heavy atom. The Bertz CT molecular complexity index is 1130. The molecule has 0 spiro atoms. The lowest BCUT2D eigenvalue weighted by molar-refractivity contribution is 0.700. The number of anilines is 1. The molecule has 0 N–H and O–H groups in total. The molecule has 28 heavy (non-hydrogen) atoms. The van der Waals surface area contributed by atoms with Gasteiger partial charge in [-0.05, 0) is 43.4 Å². The van der Waals surface area contributed by atoms with Crippen molar-refractivity contribution in [2.75, 3.05) is 11.9 Å². The van der Waals surface area contributed by atoms with Gasteiger partial charge >= 0.3 is 0 Å². The third kappa shape index (κ3) is 3.05. The smallest absolute Gasteiger partial charge is 0.164 e. The molecule has 0 fully saturated rings. The van der Waals surface area contributed by atoms with Crippen molar-refractivity contribution in [2.45, 2.75) is 32.2 Å². The topological polar surface area (TPSA) is 59.7 Å². The van der Waals surface area contributed by atoms with E-state index in [2.05, 4.69) is 28.2 Å². The van der Waals surface area contributed by atoms with Crippen LogP contribution in [0.1, 0.15) is 28.8 Å². The molecule has 0 radical (unpaired) electrons. The Morgan fingerprint density at radius 1 is 1.18 bits per heavy atom. The predicted molar refractivity (Wildman–Crippen MR) is 113 cm³/mol. The number of pyridine rings is 1. The number of nitrogens with zero attached hydrogens (tertiary/aromatic N) is 6. The summed E-state index contributed by atoms with van der Waals surface area (Å²) in [6.07, 6.45) is 12.4. The van der Waals surface area contributed by atoms with Gasteiger partial charge in [0.1, 0.15) is 10.6 Å². The van der Waals surface area contributed by atoms with E-state index in [0.717, 1.165) is 41.4 Å². The number of rotatable bonds is 4. The van der Waals surface area contributed by atoms with Crippen LogP contribution in [0.4, 0.5) is 5.82 Å². The van der Waals surface area contributed by atoms with Gasteiger partial charge < -0.3 is 4.90 Å². The van der Waals surface area contributed by atoms with Crippen molar-refractivity contribution in [2.24, 2.45) is 7.05 Å². The number of fused-ring (bicyclic) bond motifs is 3. The molecule has 4 aromatic heterocycles. The lowest BCUT2D eigenvalue weighted by Crippen LogP contribution is -2.18. The summed E-state index contributed by atoms with van der Waals surface area (Å²) in [7, 11) is 4.05. The van der Waals surface area contributed by atoms with Crippen LogP contribution in [0.25, 0.3) is 21.6 Å². The second-order valence-electron chi connectivity index (χ2n) is 7.38. The fourth-order valence-electron chi connectivity index (χ4n) is 3.94. The molecule has 6 nitrogen and oxygen atoms in total. The van der Waals surface area contributed by atoms with Gasteiger partial charge in [-0.15, -0.1) is 11.3 Å². The summed E-state index contributed by atoms with van der Waals surface area (Å²) in [5.41, 5.74) is 3.58. The quantitative estimate of drug-likeness (QED) is 0.527. The third-order valence-corrected chi connectivity index (χ3v) is 6.44. The van der Waals surface area contributed by atoms with E-state index in [1.165, 1.54) is 34.2 Å². The minimum Gasteiger partial charge on any atom is -0.355 e. The maximum atomic E-state index is 5.01. The number of hydrogen-bond acceptors (Lipinski definition) is 6. The molecule has 0 bridgehead atoms. The first kappa shape index (κ1) is 17.3. The van der Waals surface area contributed by atoms with Crippen molar-refractivity contribution in [3.05, 3.63) is 52.9 Å². The van der Waals surface area contributed by atoms with Gasteiger partial charge in [0.05, 0.1) is 11.6 Å². The minimum atomic E-state index is 0.743. The summed E-state index contributed by atoms with van der Waals surface area (Å²) < 4.78 is 1.84. The minimum absolute atomic E-state index is 0.743. The van der Waals surface area contributed by atoms with Gasteiger partial charge in [-0.3, -0.25) is 9.67 Å². The monoisotopic (exact) mass is 390 g/mol. The van der Waals surface area contributed by atoms with Crippen LogP contribution in [-0.2, 0) is 26.4 Å². The van der Waals surface area contributed by atoms with E-state index in [1.807, 2.05) is 47.6 Å². The summed E-state index contributed by atoms with van der Waals surface area (Å²) in [5.74, 6) is 1.75. The van der Waals surface area contributed by atoms with Crippen LogP contribution in [0.2, 0.25) is 0 Å². The molecule has 4 aromatic rings. The highest BCUT2D eigenvalue weighted by Gasteiger charge is 2.23. The highest BCUT2D eigenvalue weighted by molar-refractivity contribution is 7.19. The lowest BCUT2D eigenvalue weighted by Gasteiger charge is -2.20. The van der Waals surface area contributed by atoms with Crippen LogP contribution in [-0.4, -0.2) is 31.8 Å². The van der Waals surface area contributed by atoms with Crippen LogP contribution in [0.3, 0.4) is 0 Å². The molecule has 0 amide bonds. The molecule has 1 aliphatic rings. The number of aromatic nitrogens is 5. The molecule has 0 aliphatic heterocycles. The first-order valence-electron chi connectivity index (χ1n) is 9.60. The SMILES string of the molecule is CN(Cc1cnn(C)c1)c1nc(-c2cccnc2)nc2sc3c(c12)CCCC3. The first-order chi connectivity index (χ1) is 13.7. The maximum Gasteiger partial charge on any atom is 0.164 e. The molecule has 5 rings (SSSR count). The van der Waals surface area contributed by atoms with Crippen LogP contribution in [0.5, 0.6) is 0 Å². The van der Waals surface area contributed by atoms with E-state index in [-0.39, 0.29) is 0 Å². The molecular weight excluding hydrogens is 368 g/mol. The largest absolute Gasteiger partial charge is 0.355 e. The van der Waals surface area contributed by atoms with E-state index >= 15 is 0 Å². The summed E-state index contributed by atoms with van der Waals surface area (Å²) in [6, 6.07) is 3.95. The Kier molecular flexibility index (Phi) is 4.31. The Balaban J connectivity index is 1.66. The zero-order valence-electron chi connectivity index (χ0n) is 16.1. The van der Waals surface area contributed by atoms with Crippen molar-refractivity contribution in [3.8, 4) is 11.4 Å². The number of thiophene rings is 1. The molecule has 4 heterocycles. The van der Waals surface area contributed by atoms with E-state index < -0.39 is 0 Å². The zero-order valence-corrected chi connectivity index (χ0v) is 16.9. The predicted octanol–water partition coefficient (Wildman–Crippen LogP) is 4.00. The fourth-order valence-corrected chi connectivity index (χ4v) is 5.20.